The van der Waals surface area contributed by atoms with E-state index < -0.39 is 0 Å². The van der Waals surface area contributed by atoms with Crippen LogP contribution in [0.3, 0.4) is 0 Å². The third-order valence-electron chi connectivity index (χ3n) is 7.80. The lowest BCUT2D eigenvalue weighted by Gasteiger charge is -2.38. The molecule has 2 aliphatic rings. The van der Waals surface area contributed by atoms with E-state index in [0.29, 0.717) is 11.8 Å². The molecule has 0 heterocycles. The summed E-state index contributed by atoms with van der Waals surface area (Å²) in [5.74, 6) is 3.62. The van der Waals surface area contributed by atoms with Crippen LogP contribution in [-0.4, -0.2) is 0 Å². The zero-order valence-electron chi connectivity index (χ0n) is 17.6. The van der Waals surface area contributed by atoms with E-state index in [-0.39, 0.29) is 10.8 Å². The molecule has 4 rings (SSSR count). The van der Waals surface area contributed by atoms with Crippen LogP contribution in [0.5, 0.6) is 0 Å². The third kappa shape index (κ3) is 5.23. The molecular formula is C27H34ClF. The zero-order valence-corrected chi connectivity index (χ0v) is 18.4. The van der Waals surface area contributed by atoms with Crippen molar-refractivity contribution in [1.82, 2.24) is 0 Å². The highest BCUT2D eigenvalue weighted by Gasteiger charge is 2.31. The molecule has 2 fully saturated rings. The highest BCUT2D eigenvalue weighted by atomic mass is 35.5. The summed E-state index contributed by atoms with van der Waals surface area (Å²) in [5.41, 5.74) is 2.63. The van der Waals surface area contributed by atoms with Crippen LogP contribution >= 0.6 is 11.6 Å². The molecule has 0 saturated heterocycles. The molecule has 0 amide bonds. The Bertz CT molecular complexity index is 770. The molecule has 156 valence electrons. The van der Waals surface area contributed by atoms with Gasteiger partial charge in [0.1, 0.15) is 5.82 Å². The Hall–Kier alpha value is -1.34. The highest BCUT2D eigenvalue weighted by molar-refractivity contribution is 6.30. The molecule has 2 aliphatic carbocycles. The number of hydrogen-bond acceptors (Lipinski definition) is 0. The second-order valence-corrected chi connectivity index (χ2v) is 10.0. The summed E-state index contributed by atoms with van der Waals surface area (Å²) in [6.07, 6.45) is 12.0. The molecule has 2 aromatic carbocycles. The van der Waals surface area contributed by atoms with E-state index in [9.17, 15) is 4.39 Å². The summed E-state index contributed by atoms with van der Waals surface area (Å²) in [7, 11) is 0. The second-order valence-electron chi connectivity index (χ2n) is 9.61. The Morgan fingerprint density at radius 2 is 1.48 bits per heavy atom. The van der Waals surface area contributed by atoms with E-state index in [1.165, 1.54) is 63.4 Å². The quantitative estimate of drug-likeness (QED) is 0.460. The molecule has 2 saturated carbocycles. The normalized spacial score (nSPS) is 28.8. The van der Waals surface area contributed by atoms with Crippen LogP contribution in [0.15, 0.2) is 48.5 Å². The van der Waals surface area contributed by atoms with E-state index in [4.69, 9.17) is 11.6 Å². The number of rotatable bonds is 5. The largest absolute Gasteiger partial charge is 0.205 e. The molecule has 1 unspecified atom stereocenters. The van der Waals surface area contributed by atoms with Gasteiger partial charge in [-0.05, 0) is 97.8 Å². The maximum absolute atomic E-state index is 13.8. The maximum Gasteiger partial charge on any atom is 0.142 e. The lowest BCUT2D eigenvalue weighted by atomic mass is 9.67. The van der Waals surface area contributed by atoms with Crippen molar-refractivity contribution in [1.29, 1.82) is 0 Å². The monoisotopic (exact) mass is 412 g/mol. The van der Waals surface area contributed by atoms with Crippen molar-refractivity contribution in [2.24, 2.45) is 17.8 Å². The number of hydrogen-bond donors (Lipinski definition) is 0. The predicted octanol–water partition coefficient (Wildman–Crippen LogP) is 8.75. The summed E-state index contributed by atoms with van der Waals surface area (Å²) in [6, 6.07) is 16.4. The second kappa shape index (κ2) is 9.65. The van der Waals surface area contributed by atoms with Crippen LogP contribution in [-0.2, 0) is 0 Å². The third-order valence-corrected chi connectivity index (χ3v) is 8.11. The molecule has 0 radical (unpaired) electrons. The van der Waals surface area contributed by atoms with Gasteiger partial charge in [0, 0.05) is 0 Å². The summed E-state index contributed by atoms with van der Waals surface area (Å²) >= 11 is 5.85. The van der Waals surface area contributed by atoms with E-state index in [0.717, 1.165) is 23.3 Å². The summed E-state index contributed by atoms with van der Waals surface area (Å²) < 4.78 is 13.8. The van der Waals surface area contributed by atoms with Gasteiger partial charge in [-0.15, -0.1) is 0 Å². The Kier molecular flexibility index (Phi) is 6.96. The first kappa shape index (κ1) is 20.9. The van der Waals surface area contributed by atoms with Gasteiger partial charge in [0.05, 0.1) is 5.02 Å². The fraction of sp³-hybridized carbons (Fsp3) is 0.556. The highest BCUT2D eigenvalue weighted by Crippen LogP contribution is 2.45. The van der Waals surface area contributed by atoms with Crippen LogP contribution in [0.1, 0.15) is 87.7 Å². The zero-order chi connectivity index (χ0) is 20.2. The molecule has 0 nitrogen and oxygen atoms in total. The minimum absolute atomic E-state index is 0.237. The molecule has 0 aliphatic heterocycles. The van der Waals surface area contributed by atoms with Crippen LogP contribution < -0.4 is 0 Å². The molecule has 0 N–H and O–H groups in total. The maximum atomic E-state index is 13.8. The minimum atomic E-state index is -0.269. The number of benzene rings is 2. The predicted molar refractivity (Wildman–Crippen MR) is 121 cm³/mol. The van der Waals surface area contributed by atoms with Crippen LogP contribution in [0.4, 0.5) is 4.39 Å². The summed E-state index contributed by atoms with van der Waals surface area (Å²) in [5, 5.41) is 0.237. The Morgan fingerprint density at radius 1 is 0.862 bits per heavy atom. The number of halogens is 2. The van der Waals surface area contributed by atoms with Crippen molar-refractivity contribution < 1.29 is 4.39 Å². The first-order valence-corrected chi connectivity index (χ1v) is 12.0. The lowest BCUT2D eigenvalue weighted by Crippen LogP contribution is -2.25. The fourth-order valence-corrected chi connectivity index (χ4v) is 6.12. The van der Waals surface area contributed by atoms with Gasteiger partial charge in [0.15, 0.2) is 0 Å². The summed E-state index contributed by atoms with van der Waals surface area (Å²) in [4.78, 5) is 0. The van der Waals surface area contributed by atoms with Gasteiger partial charge in [0.25, 0.3) is 0 Å². The van der Waals surface area contributed by atoms with Gasteiger partial charge >= 0.3 is 0 Å². The first-order valence-electron chi connectivity index (χ1n) is 11.6. The van der Waals surface area contributed by atoms with E-state index in [2.05, 4.69) is 37.3 Å². The Labute approximate surface area is 180 Å². The topological polar surface area (TPSA) is 0 Å². The van der Waals surface area contributed by atoms with E-state index in [1.807, 2.05) is 6.07 Å². The Balaban J connectivity index is 1.23. The molecule has 2 aromatic rings. The average Bonchev–Trinajstić information content (AvgIpc) is 2.77. The van der Waals surface area contributed by atoms with Crippen LogP contribution in [0.25, 0.3) is 0 Å². The first-order chi connectivity index (χ1) is 14.1. The van der Waals surface area contributed by atoms with Crippen LogP contribution in [0, 0.1) is 23.6 Å². The van der Waals surface area contributed by atoms with Gasteiger partial charge in [-0.3, -0.25) is 0 Å². The summed E-state index contributed by atoms with van der Waals surface area (Å²) in [6.45, 7) is 2.39. The van der Waals surface area contributed by atoms with Crippen molar-refractivity contribution in [3.63, 3.8) is 0 Å². The van der Waals surface area contributed by atoms with Crippen molar-refractivity contribution in [3.8, 4) is 0 Å². The van der Waals surface area contributed by atoms with E-state index in [1.54, 1.807) is 12.1 Å². The smallest absolute Gasteiger partial charge is 0.142 e. The van der Waals surface area contributed by atoms with Gasteiger partial charge < -0.3 is 0 Å². The molecule has 2 heteroatoms. The molecule has 0 aromatic heterocycles. The van der Waals surface area contributed by atoms with E-state index >= 15 is 0 Å². The molecule has 0 spiro atoms. The molecular weight excluding hydrogens is 379 g/mol. The minimum Gasteiger partial charge on any atom is -0.205 e. The molecule has 1 atom stereocenters. The molecule has 29 heavy (non-hydrogen) atoms. The van der Waals surface area contributed by atoms with Gasteiger partial charge in [-0.2, -0.15) is 0 Å². The lowest BCUT2D eigenvalue weighted by molar-refractivity contribution is 0.154. The Morgan fingerprint density at radius 3 is 2.10 bits per heavy atom. The van der Waals surface area contributed by atoms with Crippen molar-refractivity contribution in [3.05, 3.63) is 70.5 Å². The van der Waals surface area contributed by atoms with Crippen LogP contribution in [0.2, 0.25) is 5.02 Å². The average molecular weight is 413 g/mol. The fourth-order valence-electron chi connectivity index (χ4n) is 6.00. The van der Waals surface area contributed by atoms with Crippen molar-refractivity contribution >= 4 is 11.6 Å². The SMILES string of the molecule is CC(CC1CCC(C2CCC(c3ccc(Cl)c(F)c3)CC2)CC1)c1ccccc1. The molecule has 0 bridgehead atoms. The standard InChI is InChI=1S/C27H34ClF/c1-19(21-5-3-2-4-6-21)17-20-7-9-22(10-8-20)23-11-13-24(14-12-23)25-15-16-26(28)27(29)18-25/h2-6,15-16,18-20,22-24H,7-14,17H2,1H3. The van der Waals surface area contributed by atoms with Crippen molar-refractivity contribution in [2.75, 3.05) is 0 Å². The van der Waals surface area contributed by atoms with Crippen molar-refractivity contribution in [2.45, 2.75) is 76.5 Å². The van der Waals surface area contributed by atoms with Gasteiger partial charge in [-0.25, -0.2) is 4.39 Å². The van der Waals surface area contributed by atoms with Gasteiger partial charge in [-0.1, -0.05) is 67.8 Å². The van der Waals surface area contributed by atoms with Gasteiger partial charge in [0.2, 0.25) is 0 Å².